The Labute approximate surface area is 120 Å². The predicted octanol–water partition coefficient (Wildman–Crippen LogP) is 2.73. The van der Waals surface area contributed by atoms with Crippen molar-refractivity contribution in [2.75, 3.05) is 13.7 Å². The average Bonchev–Trinajstić information content (AvgIpc) is 2.99. The van der Waals surface area contributed by atoms with Gasteiger partial charge >= 0.3 is 0 Å². The Morgan fingerprint density at radius 1 is 1.20 bits per heavy atom. The summed E-state index contributed by atoms with van der Waals surface area (Å²) in [4.78, 5) is 4.66. The SMILES string of the molecule is CNC1CCC(c2nc(C3(C)CCCCO3)no2)CC1. The summed E-state index contributed by atoms with van der Waals surface area (Å²) in [6.45, 7) is 2.88. The molecular formula is C15H25N3O2. The van der Waals surface area contributed by atoms with E-state index < -0.39 is 0 Å². The van der Waals surface area contributed by atoms with E-state index >= 15 is 0 Å². The van der Waals surface area contributed by atoms with Gasteiger partial charge in [-0.05, 0) is 58.9 Å². The lowest BCUT2D eigenvalue weighted by Crippen LogP contribution is -2.31. The largest absolute Gasteiger partial charge is 0.367 e. The van der Waals surface area contributed by atoms with Crippen molar-refractivity contribution in [1.82, 2.24) is 15.5 Å². The molecule has 5 nitrogen and oxygen atoms in total. The van der Waals surface area contributed by atoms with E-state index in [1.807, 2.05) is 7.05 Å². The predicted molar refractivity (Wildman–Crippen MR) is 75.5 cm³/mol. The van der Waals surface area contributed by atoms with Crippen LogP contribution in [0.3, 0.4) is 0 Å². The Bertz CT molecular complexity index is 432. The number of aromatic nitrogens is 2. The fourth-order valence-corrected chi connectivity index (χ4v) is 3.36. The first-order valence-corrected chi connectivity index (χ1v) is 7.86. The molecule has 1 aromatic rings. The monoisotopic (exact) mass is 279 g/mol. The molecule has 1 aromatic heterocycles. The molecule has 20 heavy (non-hydrogen) atoms. The van der Waals surface area contributed by atoms with Crippen LogP contribution in [-0.4, -0.2) is 29.8 Å². The van der Waals surface area contributed by atoms with Crippen LogP contribution in [0.2, 0.25) is 0 Å². The van der Waals surface area contributed by atoms with Crippen LogP contribution in [0.25, 0.3) is 0 Å². The number of nitrogens with one attached hydrogen (secondary N) is 1. The molecule has 112 valence electrons. The minimum absolute atomic E-state index is 0.345. The Hall–Kier alpha value is -0.940. The normalized spacial score (nSPS) is 35.1. The van der Waals surface area contributed by atoms with Crippen molar-refractivity contribution >= 4 is 0 Å². The molecule has 0 spiro atoms. The van der Waals surface area contributed by atoms with Gasteiger partial charge in [0.05, 0.1) is 0 Å². The average molecular weight is 279 g/mol. The van der Waals surface area contributed by atoms with Crippen LogP contribution in [0, 0.1) is 0 Å². The van der Waals surface area contributed by atoms with Gasteiger partial charge in [-0.3, -0.25) is 0 Å². The molecule has 5 heteroatoms. The van der Waals surface area contributed by atoms with Gasteiger partial charge in [0, 0.05) is 18.6 Å². The zero-order valence-electron chi connectivity index (χ0n) is 12.5. The Morgan fingerprint density at radius 3 is 2.65 bits per heavy atom. The summed E-state index contributed by atoms with van der Waals surface area (Å²) in [6, 6.07) is 0.646. The van der Waals surface area contributed by atoms with Crippen LogP contribution >= 0.6 is 0 Å². The van der Waals surface area contributed by atoms with E-state index in [1.165, 1.54) is 19.3 Å². The summed E-state index contributed by atoms with van der Waals surface area (Å²) in [6.07, 6.45) is 7.93. The number of hydrogen-bond donors (Lipinski definition) is 1. The van der Waals surface area contributed by atoms with Gasteiger partial charge in [-0.1, -0.05) is 5.16 Å². The third-order valence-corrected chi connectivity index (χ3v) is 4.87. The Kier molecular flexibility index (Phi) is 4.08. The van der Waals surface area contributed by atoms with Crippen molar-refractivity contribution in [3.63, 3.8) is 0 Å². The van der Waals surface area contributed by atoms with Gasteiger partial charge in [0.15, 0.2) is 0 Å². The fourth-order valence-electron chi connectivity index (χ4n) is 3.36. The van der Waals surface area contributed by atoms with Crippen molar-refractivity contribution in [3.05, 3.63) is 11.7 Å². The van der Waals surface area contributed by atoms with E-state index in [1.54, 1.807) is 0 Å². The Balaban J connectivity index is 1.67. The molecule has 2 fully saturated rings. The minimum atomic E-state index is -0.345. The molecule has 1 saturated heterocycles. The van der Waals surface area contributed by atoms with Crippen molar-refractivity contribution in [1.29, 1.82) is 0 Å². The van der Waals surface area contributed by atoms with Gasteiger partial charge in [0.2, 0.25) is 11.7 Å². The minimum Gasteiger partial charge on any atom is -0.367 e. The van der Waals surface area contributed by atoms with Crippen LogP contribution in [-0.2, 0) is 10.3 Å². The smallest absolute Gasteiger partial charge is 0.229 e. The molecule has 1 aliphatic carbocycles. The number of nitrogens with zero attached hydrogens (tertiary/aromatic N) is 2. The highest BCUT2D eigenvalue weighted by molar-refractivity contribution is 5.04. The summed E-state index contributed by atoms with van der Waals surface area (Å²) < 4.78 is 11.4. The zero-order chi connectivity index (χ0) is 14.0. The lowest BCUT2D eigenvalue weighted by molar-refractivity contribution is -0.0770. The maximum Gasteiger partial charge on any atom is 0.229 e. The van der Waals surface area contributed by atoms with E-state index in [9.17, 15) is 0 Å². The lowest BCUT2D eigenvalue weighted by atomic mass is 9.86. The highest BCUT2D eigenvalue weighted by Gasteiger charge is 2.36. The van der Waals surface area contributed by atoms with Crippen molar-refractivity contribution in [3.8, 4) is 0 Å². The number of rotatable bonds is 3. The van der Waals surface area contributed by atoms with Crippen molar-refractivity contribution in [2.45, 2.75) is 69.4 Å². The fraction of sp³-hybridized carbons (Fsp3) is 0.867. The second kappa shape index (κ2) is 5.82. The van der Waals surface area contributed by atoms with Gasteiger partial charge in [-0.25, -0.2) is 0 Å². The molecule has 1 aliphatic heterocycles. The molecule has 1 N–H and O–H groups in total. The third-order valence-electron chi connectivity index (χ3n) is 4.87. The molecule has 0 bridgehead atoms. The van der Waals surface area contributed by atoms with Crippen LogP contribution < -0.4 is 5.32 Å². The van der Waals surface area contributed by atoms with Crippen molar-refractivity contribution in [2.24, 2.45) is 0 Å². The molecule has 1 atom stereocenters. The van der Waals surface area contributed by atoms with E-state index in [4.69, 9.17) is 9.26 Å². The molecular weight excluding hydrogens is 254 g/mol. The van der Waals surface area contributed by atoms with Crippen LogP contribution in [0.15, 0.2) is 4.52 Å². The van der Waals surface area contributed by atoms with Crippen LogP contribution in [0.4, 0.5) is 0 Å². The standard InChI is InChI=1S/C15H25N3O2/c1-15(9-3-4-10-19-15)14-17-13(20-18-14)11-5-7-12(16-2)8-6-11/h11-12,16H,3-10H2,1-2H3. The van der Waals surface area contributed by atoms with Gasteiger partial charge < -0.3 is 14.6 Å². The molecule has 0 radical (unpaired) electrons. The molecule has 1 saturated carbocycles. The van der Waals surface area contributed by atoms with Crippen LogP contribution in [0.1, 0.15) is 69.5 Å². The van der Waals surface area contributed by atoms with Gasteiger partial charge in [0.1, 0.15) is 5.60 Å². The summed E-state index contributed by atoms with van der Waals surface area (Å²) in [5, 5.41) is 7.55. The zero-order valence-corrected chi connectivity index (χ0v) is 12.5. The van der Waals surface area contributed by atoms with E-state index in [0.717, 1.165) is 44.0 Å². The quantitative estimate of drug-likeness (QED) is 0.922. The van der Waals surface area contributed by atoms with Gasteiger partial charge in [-0.15, -0.1) is 0 Å². The number of hydrogen-bond acceptors (Lipinski definition) is 5. The molecule has 1 unspecified atom stereocenters. The van der Waals surface area contributed by atoms with Crippen LogP contribution in [0.5, 0.6) is 0 Å². The summed E-state index contributed by atoms with van der Waals surface area (Å²) in [5.74, 6) is 1.97. The maximum atomic E-state index is 5.89. The topological polar surface area (TPSA) is 60.2 Å². The summed E-state index contributed by atoms with van der Waals surface area (Å²) >= 11 is 0. The second-order valence-electron chi connectivity index (χ2n) is 6.33. The lowest BCUT2D eigenvalue weighted by Gasteiger charge is -2.30. The first-order valence-electron chi connectivity index (χ1n) is 7.86. The second-order valence-corrected chi connectivity index (χ2v) is 6.33. The summed E-state index contributed by atoms with van der Waals surface area (Å²) in [7, 11) is 2.04. The van der Waals surface area contributed by atoms with Gasteiger partial charge in [-0.2, -0.15) is 4.98 Å². The molecule has 0 aromatic carbocycles. The van der Waals surface area contributed by atoms with E-state index in [2.05, 4.69) is 22.4 Å². The summed E-state index contributed by atoms with van der Waals surface area (Å²) in [5.41, 5.74) is -0.345. The number of ether oxygens (including phenoxy) is 1. The third kappa shape index (κ3) is 2.74. The van der Waals surface area contributed by atoms with E-state index in [-0.39, 0.29) is 5.60 Å². The molecule has 3 rings (SSSR count). The first-order chi connectivity index (χ1) is 9.71. The molecule has 0 amide bonds. The van der Waals surface area contributed by atoms with Gasteiger partial charge in [0.25, 0.3) is 0 Å². The molecule has 2 heterocycles. The molecule has 2 aliphatic rings. The van der Waals surface area contributed by atoms with E-state index in [0.29, 0.717) is 12.0 Å². The first kappa shape index (κ1) is 14.0. The Morgan fingerprint density at radius 2 is 2.00 bits per heavy atom. The maximum absolute atomic E-state index is 5.89. The highest BCUT2D eigenvalue weighted by atomic mass is 16.5. The van der Waals surface area contributed by atoms with Crippen molar-refractivity contribution < 1.29 is 9.26 Å². The highest BCUT2D eigenvalue weighted by Crippen LogP contribution is 2.36.